The predicted octanol–water partition coefficient (Wildman–Crippen LogP) is 2.69. The summed E-state index contributed by atoms with van der Waals surface area (Å²) in [6.45, 7) is 2.11. The molecule has 4 rings (SSSR count). The average Bonchev–Trinajstić information content (AvgIpc) is 2.95. The van der Waals surface area contributed by atoms with Crippen LogP contribution in [0.25, 0.3) is 10.2 Å². The van der Waals surface area contributed by atoms with Crippen LogP contribution in [0.4, 0.5) is 5.82 Å². The summed E-state index contributed by atoms with van der Waals surface area (Å²) in [4.78, 5) is 8.84. The molecule has 0 aromatic carbocycles. The Morgan fingerprint density at radius 1 is 1.26 bits per heavy atom. The molecule has 0 radical (unpaired) electrons. The van der Waals surface area contributed by atoms with Crippen LogP contribution >= 0.6 is 11.3 Å². The van der Waals surface area contributed by atoms with Gasteiger partial charge in [0.2, 0.25) is 0 Å². The van der Waals surface area contributed by atoms with E-state index < -0.39 is 0 Å². The van der Waals surface area contributed by atoms with Crippen molar-refractivity contribution in [2.24, 2.45) is 0 Å². The summed E-state index contributed by atoms with van der Waals surface area (Å²) in [6, 6.07) is 1.97. The molecule has 2 aromatic heterocycles. The van der Waals surface area contributed by atoms with Crippen LogP contribution < -0.4 is 10.6 Å². The topological polar surface area (TPSA) is 49.8 Å². The Bertz CT molecular complexity index is 597. The minimum Gasteiger partial charge on any atom is -0.366 e. The van der Waals surface area contributed by atoms with Crippen LogP contribution in [0.1, 0.15) is 31.2 Å². The molecule has 0 saturated carbocycles. The van der Waals surface area contributed by atoms with Gasteiger partial charge in [-0.25, -0.2) is 9.97 Å². The van der Waals surface area contributed by atoms with Crippen molar-refractivity contribution < 1.29 is 0 Å². The Kier molecular flexibility index (Phi) is 2.70. The number of aryl methyl sites for hydroxylation is 1. The molecule has 0 amide bonds. The number of rotatable bonds is 2. The average molecular weight is 274 g/mol. The fourth-order valence-electron chi connectivity index (χ4n) is 3.44. The van der Waals surface area contributed by atoms with Crippen molar-refractivity contribution in [2.75, 3.05) is 5.32 Å². The van der Waals surface area contributed by atoms with Crippen LogP contribution in [0, 0.1) is 6.92 Å². The fourth-order valence-corrected chi connectivity index (χ4v) is 4.40. The number of hydrogen-bond acceptors (Lipinski definition) is 5. The van der Waals surface area contributed by atoms with Gasteiger partial charge in [0.15, 0.2) is 0 Å². The van der Waals surface area contributed by atoms with Crippen LogP contribution in [-0.4, -0.2) is 28.1 Å². The summed E-state index contributed by atoms with van der Waals surface area (Å²) in [5.74, 6) is 1.02. The highest BCUT2D eigenvalue weighted by molar-refractivity contribution is 7.18. The van der Waals surface area contributed by atoms with Crippen molar-refractivity contribution in [2.45, 2.75) is 50.7 Å². The Labute approximate surface area is 116 Å². The van der Waals surface area contributed by atoms with E-state index >= 15 is 0 Å². The lowest BCUT2D eigenvalue weighted by molar-refractivity contribution is 0.378. The number of fused-ring (bicyclic) bond motifs is 3. The summed E-state index contributed by atoms with van der Waals surface area (Å²) in [7, 11) is 0. The normalized spacial score (nSPS) is 29.8. The van der Waals surface area contributed by atoms with Gasteiger partial charge in [0.05, 0.1) is 10.2 Å². The molecule has 2 aliphatic heterocycles. The minimum atomic E-state index is 0.555. The first-order chi connectivity index (χ1) is 9.29. The Balaban J connectivity index is 1.61. The molecule has 5 heteroatoms. The van der Waals surface area contributed by atoms with Crippen molar-refractivity contribution in [3.63, 3.8) is 0 Å². The van der Waals surface area contributed by atoms with Gasteiger partial charge in [-0.3, -0.25) is 0 Å². The Morgan fingerprint density at radius 3 is 2.84 bits per heavy atom. The third-order valence-corrected chi connectivity index (χ3v) is 5.44. The number of nitrogens with one attached hydrogen (secondary N) is 2. The van der Waals surface area contributed by atoms with Gasteiger partial charge in [-0.2, -0.15) is 0 Å². The van der Waals surface area contributed by atoms with Gasteiger partial charge in [0.25, 0.3) is 0 Å². The summed E-state index contributed by atoms with van der Waals surface area (Å²) < 4.78 is 1.20. The molecule has 4 heterocycles. The molecule has 2 aliphatic rings. The molecular formula is C14H18N4S. The van der Waals surface area contributed by atoms with Crippen molar-refractivity contribution in [3.05, 3.63) is 17.3 Å². The Hall–Kier alpha value is -1.20. The lowest BCUT2D eigenvalue weighted by Gasteiger charge is -2.30. The maximum atomic E-state index is 4.45. The van der Waals surface area contributed by atoms with Crippen molar-refractivity contribution in [1.82, 2.24) is 15.3 Å². The summed E-state index contributed by atoms with van der Waals surface area (Å²) in [6.07, 6.45) is 6.78. The van der Waals surface area contributed by atoms with Crippen LogP contribution in [0.15, 0.2) is 11.7 Å². The van der Waals surface area contributed by atoms with E-state index in [1.807, 2.05) is 0 Å². The lowest BCUT2D eigenvalue weighted by Crippen LogP contribution is -2.43. The number of piperidine rings is 1. The van der Waals surface area contributed by atoms with Gasteiger partial charge >= 0.3 is 0 Å². The van der Waals surface area contributed by atoms with E-state index in [-0.39, 0.29) is 0 Å². The molecule has 2 unspecified atom stereocenters. The number of thiophene rings is 1. The van der Waals surface area contributed by atoms with E-state index in [4.69, 9.17) is 0 Å². The third kappa shape index (κ3) is 2.01. The molecule has 2 atom stereocenters. The quantitative estimate of drug-likeness (QED) is 0.884. The van der Waals surface area contributed by atoms with Crippen LogP contribution in [0.2, 0.25) is 0 Å². The molecule has 100 valence electrons. The molecule has 19 heavy (non-hydrogen) atoms. The molecule has 0 aliphatic carbocycles. The SMILES string of the molecule is Cc1csc2c(NC3CC4CCC(C3)N4)ncnc12. The largest absolute Gasteiger partial charge is 0.366 e. The van der Waals surface area contributed by atoms with Gasteiger partial charge < -0.3 is 10.6 Å². The van der Waals surface area contributed by atoms with Gasteiger partial charge in [-0.05, 0) is 43.6 Å². The zero-order valence-electron chi connectivity index (χ0n) is 11.0. The van der Waals surface area contributed by atoms with Crippen molar-refractivity contribution in [1.29, 1.82) is 0 Å². The molecule has 2 aromatic rings. The maximum Gasteiger partial charge on any atom is 0.147 e. The lowest BCUT2D eigenvalue weighted by atomic mass is 10.00. The van der Waals surface area contributed by atoms with Crippen LogP contribution in [0.5, 0.6) is 0 Å². The zero-order chi connectivity index (χ0) is 12.8. The number of anilines is 1. The number of nitrogens with zero attached hydrogens (tertiary/aromatic N) is 2. The van der Waals surface area contributed by atoms with Gasteiger partial charge in [-0.1, -0.05) is 0 Å². The Morgan fingerprint density at radius 2 is 2.05 bits per heavy atom. The first kappa shape index (κ1) is 11.6. The van der Waals surface area contributed by atoms with Gasteiger partial charge in [0, 0.05) is 18.1 Å². The van der Waals surface area contributed by atoms with Crippen LogP contribution in [-0.2, 0) is 0 Å². The van der Waals surface area contributed by atoms with Crippen LogP contribution in [0.3, 0.4) is 0 Å². The number of aromatic nitrogens is 2. The van der Waals surface area contributed by atoms with Gasteiger partial charge in [0.1, 0.15) is 12.1 Å². The highest BCUT2D eigenvalue weighted by atomic mass is 32.1. The van der Waals surface area contributed by atoms with Gasteiger partial charge in [-0.15, -0.1) is 11.3 Å². The molecule has 2 saturated heterocycles. The summed E-state index contributed by atoms with van der Waals surface area (Å²) in [5.41, 5.74) is 2.34. The molecule has 2 bridgehead atoms. The second-order valence-corrected chi connectivity index (χ2v) is 6.65. The standard InChI is InChI=1S/C14H18N4S/c1-8-6-19-13-12(8)15-7-16-14(13)18-11-4-9-2-3-10(5-11)17-9/h6-7,9-11,17H,2-5H2,1H3,(H,15,16,18). The van der Waals surface area contributed by atoms with Crippen molar-refractivity contribution >= 4 is 27.4 Å². The molecule has 0 spiro atoms. The number of hydrogen-bond donors (Lipinski definition) is 2. The van der Waals surface area contributed by atoms with E-state index in [1.54, 1.807) is 17.7 Å². The first-order valence-electron chi connectivity index (χ1n) is 7.01. The fraction of sp³-hybridized carbons (Fsp3) is 0.571. The van der Waals surface area contributed by atoms with Crippen molar-refractivity contribution in [3.8, 4) is 0 Å². The molecular weight excluding hydrogens is 256 g/mol. The molecule has 2 fully saturated rings. The highest BCUT2D eigenvalue weighted by Crippen LogP contribution is 2.32. The monoisotopic (exact) mass is 274 g/mol. The predicted molar refractivity (Wildman–Crippen MR) is 78.7 cm³/mol. The summed E-state index contributed by atoms with van der Waals surface area (Å²) in [5, 5.41) is 9.50. The van der Waals surface area contributed by atoms with E-state index in [9.17, 15) is 0 Å². The van der Waals surface area contributed by atoms with E-state index in [0.29, 0.717) is 18.1 Å². The minimum absolute atomic E-state index is 0.555. The zero-order valence-corrected chi connectivity index (χ0v) is 11.8. The highest BCUT2D eigenvalue weighted by Gasteiger charge is 2.33. The van der Waals surface area contributed by atoms with E-state index in [1.165, 1.54) is 35.9 Å². The second-order valence-electron chi connectivity index (χ2n) is 5.77. The smallest absolute Gasteiger partial charge is 0.147 e. The molecule has 2 N–H and O–H groups in total. The van der Waals surface area contributed by atoms with E-state index in [0.717, 1.165) is 11.3 Å². The third-order valence-electron chi connectivity index (χ3n) is 4.34. The first-order valence-corrected chi connectivity index (χ1v) is 7.89. The second kappa shape index (κ2) is 4.42. The summed E-state index contributed by atoms with van der Waals surface area (Å²) >= 11 is 1.74. The maximum absolute atomic E-state index is 4.45. The van der Waals surface area contributed by atoms with E-state index in [2.05, 4.69) is 32.9 Å². The molecule has 4 nitrogen and oxygen atoms in total.